The van der Waals surface area contributed by atoms with E-state index < -0.39 is 10.8 Å². The van der Waals surface area contributed by atoms with Crippen molar-refractivity contribution in [1.82, 2.24) is 4.98 Å². The number of fused-ring (bicyclic) bond motifs is 1. The van der Waals surface area contributed by atoms with E-state index >= 15 is 0 Å². The summed E-state index contributed by atoms with van der Waals surface area (Å²) in [6.45, 7) is 2.07. The van der Waals surface area contributed by atoms with Crippen molar-refractivity contribution < 1.29 is 4.21 Å². The minimum atomic E-state index is -0.992. The summed E-state index contributed by atoms with van der Waals surface area (Å²) in [5.74, 6) is 0.715. The Kier molecular flexibility index (Phi) is 5.26. The van der Waals surface area contributed by atoms with Gasteiger partial charge in [0.05, 0.1) is 23.2 Å². The zero-order valence-electron chi connectivity index (χ0n) is 14.7. The van der Waals surface area contributed by atoms with Crippen molar-refractivity contribution in [1.29, 1.82) is 5.26 Å². The molecule has 0 N–H and O–H groups in total. The van der Waals surface area contributed by atoms with Gasteiger partial charge in [0.15, 0.2) is 0 Å². The predicted octanol–water partition coefficient (Wildman–Crippen LogP) is 4.69. The van der Waals surface area contributed by atoms with Gasteiger partial charge in [0.2, 0.25) is 0 Å². The average Bonchev–Trinajstić information content (AvgIpc) is 2.66. The molecule has 2 unspecified atom stereocenters. The monoisotopic (exact) mass is 383 g/mol. The third kappa shape index (κ3) is 3.57. The molecule has 6 heteroatoms. The Morgan fingerprint density at radius 2 is 1.88 bits per heavy atom. The lowest BCUT2D eigenvalue weighted by Crippen LogP contribution is -2.22. The number of halogens is 1. The van der Waals surface area contributed by atoms with Gasteiger partial charge < -0.3 is 4.90 Å². The van der Waals surface area contributed by atoms with Crippen LogP contribution in [-0.4, -0.2) is 22.5 Å². The van der Waals surface area contributed by atoms with Gasteiger partial charge in [-0.3, -0.25) is 4.21 Å². The summed E-state index contributed by atoms with van der Waals surface area (Å²) in [4.78, 5) is 7.51. The summed E-state index contributed by atoms with van der Waals surface area (Å²) in [6, 6.07) is 17.1. The molecule has 0 bridgehead atoms. The fourth-order valence-electron chi connectivity index (χ4n) is 2.82. The van der Waals surface area contributed by atoms with Crippen LogP contribution in [-0.2, 0) is 10.8 Å². The molecule has 0 radical (unpaired) electrons. The number of hydrogen-bond donors (Lipinski definition) is 0. The van der Waals surface area contributed by atoms with Crippen molar-refractivity contribution in [2.45, 2.75) is 17.9 Å². The van der Waals surface area contributed by atoms with Gasteiger partial charge in [-0.1, -0.05) is 23.7 Å². The van der Waals surface area contributed by atoms with Gasteiger partial charge in [-0.05, 0) is 48.9 Å². The number of rotatable bonds is 4. The number of pyridine rings is 1. The van der Waals surface area contributed by atoms with Crippen LogP contribution in [0.5, 0.6) is 0 Å². The van der Waals surface area contributed by atoms with E-state index in [1.165, 1.54) is 0 Å². The second-order valence-corrected chi connectivity index (χ2v) is 7.93. The van der Waals surface area contributed by atoms with E-state index in [1.54, 1.807) is 24.5 Å². The summed E-state index contributed by atoms with van der Waals surface area (Å²) in [6.07, 6.45) is 1.67. The minimum absolute atomic E-state index is 0.0399. The van der Waals surface area contributed by atoms with Crippen molar-refractivity contribution in [2.75, 3.05) is 18.2 Å². The molecule has 4 nitrogen and oxygen atoms in total. The lowest BCUT2D eigenvalue weighted by atomic mass is 10.1. The van der Waals surface area contributed by atoms with Gasteiger partial charge in [0.1, 0.15) is 5.82 Å². The average molecular weight is 384 g/mol. The third-order valence-electron chi connectivity index (χ3n) is 4.51. The Morgan fingerprint density at radius 3 is 2.50 bits per heavy atom. The first kappa shape index (κ1) is 18.4. The van der Waals surface area contributed by atoms with E-state index in [2.05, 4.69) is 18.0 Å². The first-order valence-corrected chi connectivity index (χ1v) is 10.0. The van der Waals surface area contributed by atoms with E-state index in [1.807, 2.05) is 42.3 Å². The summed E-state index contributed by atoms with van der Waals surface area (Å²) < 4.78 is 11.6. The number of hydrogen-bond acceptors (Lipinski definition) is 4. The standard InChI is InChI=1S/C20H18ClN3OS/c1-13(14-4-7-17(8-5-14)26(3)25)24(2)20-10-15(12-22)18-11-16(21)6-9-19(18)23-20/h4-11,13H,1-3H3. The highest BCUT2D eigenvalue weighted by atomic mass is 35.5. The Labute approximate surface area is 160 Å². The normalized spacial score (nSPS) is 13.2. The van der Waals surface area contributed by atoms with Gasteiger partial charge >= 0.3 is 0 Å². The maximum Gasteiger partial charge on any atom is 0.130 e. The summed E-state index contributed by atoms with van der Waals surface area (Å²) in [5, 5.41) is 10.8. The number of nitrogens with zero attached hydrogens (tertiary/aromatic N) is 3. The molecule has 132 valence electrons. The van der Waals surface area contributed by atoms with Crippen LogP contribution >= 0.6 is 11.6 Å². The third-order valence-corrected chi connectivity index (χ3v) is 5.69. The van der Waals surface area contributed by atoms with Crippen molar-refractivity contribution >= 4 is 39.1 Å². The Hall–Kier alpha value is -2.42. The quantitative estimate of drug-likeness (QED) is 0.655. The lowest BCUT2D eigenvalue weighted by Gasteiger charge is -2.27. The molecule has 3 aromatic rings. The molecule has 2 aromatic carbocycles. The van der Waals surface area contributed by atoms with Gasteiger partial charge in [0, 0.05) is 39.4 Å². The van der Waals surface area contributed by atoms with E-state index in [-0.39, 0.29) is 6.04 Å². The Bertz CT molecular complexity index is 1030. The van der Waals surface area contributed by atoms with Crippen LogP contribution in [0.15, 0.2) is 53.4 Å². The topological polar surface area (TPSA) is 57.0 Å². The van der Waals surface area contributed by atoms with Crippen LogP contribution in [0.25, 0.3) is 10.9 Å². The molecule has 26 heavy (non-hydrogen) atoms. The maximum atomic E-state index is 11.6. The molecule has 0 fully saturated rings. The van der Waals surface area contributed by atoms with E-state index in [0.29, 0.717) is 16.4 Å². The Morgan fingerprint density at radius 1 is 1.19 bits per heavy atom. The molecule has 0 aliphatic rings. The SMILES string of the molecule is CC(c1ccc(S(C)=O)cc1)N(C)c1cc(C#N)c2cc(Cl)ccc2n1. The molecule has 0 aliphatic heterocycles. The summed E-state index contributed by atoms with van der Waals surface area (Å²) >= 11 is 6.05. The largest absolute Gasteiger partial charge is 0.353 e. The fourth-order valence-corrected chi connectivity index (χ4v) is 3.51. The highest BCUT2D eigenvalue weighted by Gasteiger charge is 2.16. The van der Waals surface area contributed by atoms with Gasteiger partial charge in [-0.2, -0.15) is 5.26 Å². The van der Waals surface area contributed by atoms with Crippen LogP contribution in [0.3, 0.4) is 0 Å². The molecular weight excluding hydrogens is 366 g/mol. The minimum Gasteiger partial charge on any atom is -0.353 e. The highest BCUT2D eigenvalue weighted by molar-refractivity contribution is 7.84. The number of benzene rings is 2. The zero-order chi connectivity index (χ0) is 18.8. The van der Waals surface area contributed by atoms with Crippen LogP contribution in [0, 0.1) is 11.3 Å². The van der Waals surface area contributed by atoms with Gasteiger partial charge in [0.25, 0.3) is 0 Å². The number of nitriles is 1. The van der Waals surface area contributed by atoms with Crippen LogP contribution < -0.4 is 4.90 Å². The molecule has 1 heterocycles. The van der Waals surface area contributed by atoms with Crippen LogP contribution in [0.1, 0.15) is 24.1 Å². The van der Waals surface area contributed by atoms with Crippen molar-refractivity contribution in [2.24, 2.45) is 0 Å². The zero-order valence-corrected chi connectivity index (χ0v) is 16.3. The van der Waals surface area contributed by atoms with Crippen molar-refractivity contribution in [3.05, 3.63) is 64.7 Å². The van der Waals surface area contributed by atoms with E-state index in [4.69, 9.17) is 11.6 Å². The number of anilines is 1. The molecule has 2 atom stereocenters. The first-order valence-electron chi connectivity index (χ1n) is 8.07. The summed E-state index contributed by atoms with van der Waals surface area (Å²) in [5.41, 5.74) is 2.36. The molecule has 0 saturated carbocycles. The maximum absolute atomic E-state index is 11.6. The van der Waals surface area contributed by atoms with Crippen LogP contribution in [0.4, 0.5) is 5.82 Å². The molecule has 0 aliphatic carbocycles. The molecular formula is C20H18ClN3OS. The van der Waals surface area contributed by atoms with E-state index in [9.17, 15) is 9.47 Å². The van der Waals surface area contributed by atoms with Crippen LogP contribution in [0.2, 0.25) is 5.02 Å². The summed E-state index contributed by atoms with van der Waals surface area (Å²) in [7, 11) is 0.954. The second-order valence-electron chi connectivity index (χ2n) is 6.11. The van der Waals surface area contributed by atoms with E-state index in [0.717, 1.165) is 21.4 Å². The van der Waals surface area contributed by atoms with Gasteiger partial charge in [-0.25, -0.2) is 4.98 Å². The molecule has 0 saturated heterocycles. The number of aromatic nitrogens is 1. The fraction of sp³-hybridized carbons (Fsp3) is 0.200. The predicted molar refractivity (Wildman–Crippen MR) is 107 cm³/mol. The second kappa shape index (κ2) is 7.45. The molecule has 3 rings (SSSR count). The Balaban J connectivity index is 1.98. The first-order chi connectivity index (χ1) is 12.4. The highest BCUT2D eigenvalue weighted by Crippen LogP contribution is 2.29. The smallest absolute Gasteiger partial charge is 0.130 e. The van der Waals surface area contributed by atoms with Gasteiger partial charge in [-0.15, -0.1) is 0 Å². The molecule has 0 amide bonds. The molecule has 0 spiro atoms. The lowest BCUT2D eigenvalue weighted by molar-refractivity contribution is 0.686. The van der Waals surface area contributed by atoms with Crippen molar-refractivity contribution in [3.63, 3.8) is 0 Å². The molecule has 1 aromatic heterocycles. The van der Waals surface area contributed by atoms with Crippen molar-refractivity contribution in [3.8, 4) is 6.07 Å².